The molecule has 9 heteroatoms. The number of thiazole rings is 1. The van der Waals surface area contributed by atoms with E-state index in [1.165, 1.54) is 17.6 Å². The third-order valence-electron chi connectivity index (χ3n) is 5.46. The van der Waals surface area contributed by atoms with Gasteiger partial charge in [-0.15, -0.1) is 0 Å². The zero-order valence-corrected chi connectivity index (χ0v) is 19.9. The molecule has 2 aromatic carbocycles. The largest absolute Gasteiger partial charge is 0.494 e. The Morgan fingerprint density at radius 3 is 2.59 bits per heavy atom. The van der Waals surface area contributed by atoms with Gasteiger partial charge in [-0.3, -0.25) is 4.79 Å². The van der Waals surface area contributed by atoms with Gasteiger partial charge < -0.3 is 14.5 Å². The van der Waals surface area contributed by atoms with Crippen molar-refractivity contribution in [3.05, 3.63) is 48.0 Å². The van der Waals surface area contributed by atoms with Crippen molar-refractivity contribution in [3.8, 4) is 5.75 Å². The third-order valence-corrected chi connectivity index (χ3v) is 7.66. The van der Waals surface area contributed by atoms with Gasteiger partial charge in [0.1, 0.15) is 11.3 Å². The smallest absolute Gasteiger partial charge is 0.254 e. The fourth-order valence-electron chi connectivity index (χ4n) is 3.68. The predicted molar refractivity (Wildman–Crippen MR) is 128 cm³/mol. The molecule has 1 aliphatic rings. The van der Waals surface area contributed by atoms with Crippen molar-refractivity contribution in [2.45, 2.75) is 24.7 Å². The van der Waals surface area contributed by atoms with E-state index in [1.54, 1.807) is 12.1 Å². The van der Waals surface area contributed by atoms with Gasteiger partial charge in [-0.2, -0.15) is 0 Å². The lowest BCUT2D eigenvalue weighted by atomic mass is 10.1. The first-order chi connectivity index (χ1) is 15.4. The number of aromatic nitrogens is 1. The molecule has 0 N–H and O–H groups in total. The molecule has 0 aliphatic carbocycles. The highest BCUT2D eigenvalue weighted by molar-refractivity contribution is 7.91. The predicted octanol–water partition coefficient (Wildman–Crippen LogP) is 3.84. The lowest BCUT2D eigenvalue weighted by Gasteiger charge is -2.34. The average molecular weight is 474 g/mol. The number of ether oxygens (including phenoxy) is 1. The Labute approximate surface area is 192 Å². The first-order valence-electron chi connectivity index (χ1n) is 10.7. The first-order valence-corrected chi connectivity index (χ1v) is 13.4. The van der Waals surface area contributed by atoms with Gasteiger partial charge in [-0.1, -0.05) is 36.8 Å². The molecule has 3 aromatic rings. The van der Waals surface area contributed by atoms with Crippen molar-refractivity contribution in [2.24, 2.45) is 0 Å². The molecule has 0 unspecified atom stereocenters. The molecule has 1 aliphatic heterocycles. The molecule has 0 spiro atoms. The molecule has 0 radical (unpaired) electrons. The molecule has 1 fully saturated rings. The van der Waals surface area contributed by atoms with Crippen LogP contribution < -0.4 is 9.64 Å². The second-order valence-electron chi connectivity index (χ2n) is 7.88. The van der Waals surface area contributed by atoms with Crippen molar-refractivity contribution < 1.29 is 17.9 Å². The first kappa shape index (κ1) is 22.5. The highest BCUT2D eigenvalue weighted by atomic mass is 32.2. The minimum Gasteiger partial charge on any atom is -0.494 e. The van der Waals surface area contributed by atoms with E-state index in [4.69, 9.17) is 4.74 Å². The summed E-state index contributed by atoms with van der Waals surface area (Å²) in [5.41, 5.74) is 1.15. The number of unbranched alkanes of at least 4 members (excludes halogenated alkanes) is 1. The Morgan fingerprint density at radius 2 is 1.88 bits per heavy atom. The molecule has 170 valence electrons. The Balaban J connectivity index is 1.43. The molecule has 7 nitrogen and oxygen atoms in total. The summed E-state index contributed by atoms with van der Waals surface area (Å²) >= 11 is 1.48. The minimum atomic E-state index is -3.35. The van der Waals surface area contributed by atoms with Crippen LogP contribution in [-0.4, -0.2) is 63.3 Å². The topological polar surface area (TPSA) is 79.8 Å². The molecular formula is C23H27N3O4S2. The van der Waals surface area contributed by atoms with Crippen LogP contribution in [0.1, 0.15) is 30.1 Å². The van der Waals surface area contributed by atoms with Gasteiger partial charge in [-0.05, 0) is 36.8 Å². The molecular weight excluding hydrogens is 446 g/mol. The number of carbonyl (C=O) groups is 1. The van der Waals surface area contributed by atoms with Gasteiger partial charge in [-0.25, -0.2) is 13.4 Å². The Morgan fingerprint density at radius 1 is 1.12 bits per heavy atom. The maximum atomic E-state index is 13.0. The number of amides is 1. The van der Waals surface area contributed by atoms with E-state index < -0.39 is 9.84 Å². The maximum absolute atomic E-state index is 13.0. The van der Waals surface area contributed by atoms with E-state index >= 15 is 0 Å². The monoisotopic (exact) mass is 473 g/mol. The summed E-state index contributed by atoms with van der Waals surface area (Å²) in [6.07, 6.45) is 3.25. The molecule has 0 atom stereocenters. The van der Waals surface area contributed by atoms with Crippen molar-refractivity contribution in [2.75, 3.05) is 43.9 Å². The van der Waals surface area contributed by atoms with Crippen LogP contribution in [0, 0.1) is 0 Å². The van der Waals surface area contributed by atoms with Gasteiger partial charge in [0.05, 0.1) is 16.2 Å². The lowest BCUT2D eigenvalue weighted by Crippen LogP contribution is -2.48. The fraction of sp³-hybridized carbons (Fsp3) is 0.391. The lowest BCUT2D eigenvalue weighted by molar-refractivity contribution is 0.0746. The van der Waals surface area contributed by atoms with Crippen LogP contribution in [0.3, 0.4) is 0 Å². The number of rotatable bonds is 7. The normalized spacial score (nSPS) is 14.7. The van der Waals surface area contributed by atoms with Crippen LogP contribution in [0.15, 0.2) is 47.4 Å². The molecule has 4 rings (SSSR count). The minimum absolute atomic E-state index is 0.00532. The standard InChI is InChI=1S/C23H27N3O4S2/c1-3-4-15-30-18-8-5-7-17(16-18)22(27)25-11-13-26(14-12-25)23-24-21-19(31-23)9-6-10-20(21)32(2,28)29/h5-10,16H,3-4,11-15H2,1-2H3. The van der Waals surface area contributed by atoms with Gasteiger partial charge in [0.25, 0.3) is 5.91 Å². The van der Waals surface area contributed by atoms with Crippen LogP contribution in [-0.2, 0) is 9.84 Å². The van der Waals surface area contributed by atoms with Crippen LogP contribution >= 0.6 is 11.3 Å². The third kappa shape index (κ3) is 4.88. The highest BCUT2D eigenvalue weighted by Gasteiger charge is 2.25. The highest BCUT2D eigenvalue weighted by Crippen LogP contribution is 2.33. The van der Waals surface area contributed by atoms with E-state index in [0.29, 0.717) is 43.9 Å². The average Bonchev–Trinajstić information content (AvgIpc) is 3.23. The van der Waals surface area contributed by atoms with Crippen LogP contribution in [0.5, 0.6) is 5.75 Å². The molecule has 1 aromatic heterocycles. The summed E-state index contributed by atoms with van der Waals surface area (Å²) in [6.45, 7) is 5.21. The van der Waals surface area contributed by atoms with Gasteiger partial charge in [0, 0.05) is 38.0 Å². The summed E-state index contributed by atoms with van der Waals surface area (Å²) in [5.74, 6) is 0.716. The van der Waals surface area contributed by atoms with Crippen molar-refractivity contribution in [3.63, 3.8) is 0 Å². The Bertz CT molecular complexity index is 1210. The molecule has 0 saturated carbocycles. The van der Waals surface area contributed by atoms with Gasteiger partial charge >= 0.3 is 0 Å². The van der Waals surface area contributed by atoms with Gasteiger partial charge in [0.15, 0.2) is 15.0 Å². The Hall–Kier alpha value is -2.65. The summed E-state index contributed by atoms with van der Waals surface area (Å²) < 4.78 is 30.7. The number of nitrogens with zero attached hydrogens (tertiary/aromatic N) is 3. The number of sulfone groups is 1. The summed E-state index contributed by atoms with van der Waals surface area (Å²) in [6, 6.07) is 12.6. The molecule has 0 bridgehead atoms. The van der Waals surface area contributed by atoms with Crippen LogP contribution in [0.25, 0.3) is 10.2 Å². The van der Waals surface area contributed by atoms with Crippen molar-refractivity contribution in [1.29, 1.82) is 0 Å². The summed E-state index contributed by atoms with van der Waals surface area (Å²) in [5, 5.41) is 0.787. The molecule has 1 amide bonds. The van der Waals surface area contributed by atoms with E-state index in [2.05, 4.69) is 16.8 Å². The van der Waals surface area contributed by atoms with E-state index in [0.717, 1.165) is 28.4 Å². The molecule has 1 saturated heterocycles. The van der Waals surface area contributed by atoms with Crippen molar-refractivity contribution >= 4 is 42.4 Å². The van der Waals surface area contributed by atoms with E-state index in [-0.39, 0.29) is 10.8 Å². The number of piperazine rings is 1. The number of carbonyl (C=O) groups excluding carboxylic acids is 1. The quantitative estimate of drug-likeness (QED) is 0.485. The van der Waals surface area contributed by atoms with Crippen LogP contribution in [0.2, 0.25) is 0 Å². The van der Waals surface area contributed by atoms with Crippen molar-refractivity contribution in [1.82, 2.24) is 9.88 Å². The number of fused-ring (bicyclic) bond motifs is 1. The van der Waals surface area contributed by atoms with Gasteiger partial charge in [0.2, 0.25) is 0 Å². The maximum Gasteiger partial charge on any atom is 0.254 e. The van der Waals surface area contributed by atoms with E-state index in [1.807, 2.05) is 35.2 Å². The zero-order chi connectivity index (χ0) is 22.7. The number of hydrogen-bond acceptors (Lipinski definition) is 7. The second kappa shape index (κ2) is 9.46. The number of benzene rings is 2. The number of anilines is 1. The SMILES string of the molecule is CCCCOc1cccc(C(=O)N2CCN(c3nc4c(S(C)(=O)=O)cccc4s3)CC2)c1. The summed E-state index contributed by atoms with van der Waals surface area (Å²) in [7, 11) is -3.35. The fourth-order valence-corrected chi connectivity index (χ4v) is 5.62. The van der Waals surface area contributed by atoms with E-state index in [9.17, 15) is 13.2 Å². The summed E-state index contributed by atoms with van der Waals surface area (Å²) in [4.78, 5) is 21.8. The molecule has 32 heavy (non-hydrogen) atoms. The Kier molecular flexibility index (Phi) is 6.66. The number of para-hydroxylation sites is 1. The van der Waals surface area contributed by atoms with Crippen LogP contribution in [0.4, 0.5) is 5.13 Å². The number of hydrogen-bond donors (Lipinski definition) is 0. The zero-order valence-electron chi connectivity index (χ0n) is 18.3. The molecule has 2 heterocycles. The second-order valence-corrected chi connectivity index (χ2v) is 10.9.